The monoisotopic (exact) mass is 275 g/mol. The van der Waals surface area contributed by atoms with Crippen LogP contribution < -0.4 is 5.43 Å². The van der Waals surface area contributed by atoms with E-state index >= 15 is 0 Å². The number of hydrogen-bond acceptors (Lipinski definition) is 4. The van der Waals surface area contributed by atoms with Crippen LogP contribution in [0.25, 0.3) is 0 Å². The lowest BCUT2D eigenvalue weighted by Gasteiger charge is -2.11. The number of pyridine rings is 1. The average molecular weight is 275 g/mol. The maximum atomic E-state index is 11.6. The van der Waals surface area contributed by atoms with E-state index in [1.807, 2.05) is 24.4 Å². The van der Waals surface area contributed by atoms with E-state index in [-0.39, 0.29) is 5.91 Å². The summed E-state index contributed by atoms with van der Waals surface area (Å²) < 4.78 is 0. The molecule has 4 nitrogen and oxygen atoms in total. The molecule has 100 valence electrons. The van der Waals surface area contributed by atoms with Gasteiger partial charge in [-0.2, -0.15) is 5.10 Å². The second-order valence-corrected chi connectivity index (χ2v) is 5.31. The van der Waals surface area contributed by atoms with E-state index in [1.54, 1.807) is 6.20 Å². The summed E-state index contributed by atoms with van der Waals surface area (Å²) in [7, 11) is 0. The molecule has 0 aliphatic heterocycles. The lowest BCUT2D eigenvalue weighted by molar-refractivity contribution is -0.118. The van der Waals surface area contributed by atoms with Gasteiger partial charge < -0.3 is 0 Å². The first-order valence-electron chi connectivity index (χ1n) is 6.35. The molecule has 0 radical (unpaired) electrons. The van der Waals surface area contributed by atoms with Crippen molar-refractivity contribution in [1.82, 2.24) is 10.4 Å². The molecule has 1 aliphatic rings. The van der Waals surface area contributed by atoms with Gasteiger partial charge in [0.2, 0.25) is 5.91 Å². The van der Waals surface area contributed by atoms with Crippen molar-refractivity contribution in [2.24, 2.45) is 11.0 Å². The van der Waals surface area contributed by atoms with Gasteiger partial charge in [-0.3, -0.25) is 4.79 Å². The van der Waals surface area contributed by atoms with E-state index in [0.717, 1.165) is 24.3 Å². The molecule has 19 heavy (non-hydrogen) atoms. The Morgan fingerprint density at radius 2 is 2.47 bits per heavy atom. The van der Waals surface area contributed by atoms with Crippen LogP contribution >= 0.6 is 11.8 Å². The first-order chi connectivity index (χ1) is 9.34. The molecule has 0 saturated heterocycles. The van der Waals surface area contributed by atoms with Gasteiger partial charge in [-0.1, -0.05) is 30.0 Å². The molecule has 0 aromatic carbocycles. The molecule has 1 aromatic rings. The fourth-order valence-corrected chi connectivity index (χ4v) is 2.43. The summed E-state index contributed by atoms with van der Waals surface area (Å²) in [6, 6.07) is 5.64. The molecule has 1 atom stereocenters. The average Bonchev–Trinajstić information content (AvgIpc) is 2.47. The lowest BCUT2D eigenvalue weighted by atomic mass is 9.96. The lowest BCUT2D eigenvalue weighted by Crippen LogP contribution is -2.20. The highest BCUT2D eigenvalue weighted by atomic mass is 32.2. The molecular weight excluding hydrogens is 258 g/mol. The molecular formula is C14H17N3OS. The predicted molar refractivity (Wildman–Crippen MR) is 78.1 cm³/mol. The second kappa shape index (κ2) is 7.74. The van der Waals surface area contributed by atoms with Gasteiger partial charge in [0.15, 0.2) is 0 Å². The minimum atomic E-state index is -0.0988. The highest BCUT2D eigenvalue weighted by Gasteiger charge is 2.07. The predicted octanol–water partition coefficient (Wildman–Crippen LogP) is 2.63. The number of hydrogen-bond donors (Lipinski definition) is 1. The fraction of sp³-hybridized carbons (Fsp3) is 0.357. The number of nitrogens with one attached hydrogen (secondary N) is 1. The zero-order valence-corrected chi connectivity index (χ0v) is 11.5. The van der Waals surface area contributed by atoms with Crippen LogP contribution in [0.4, 0.5) is 0 Å². The minimum absolute atomic E-state index is 0.0988. The maximum Gasteiger partial charge on any atom is 0.250 e. The van der Waals surface area contributed by atoms with E-state index in [4.69, 9.17) is 0 Å². The van der Waals surface area contributed by atoms with E-state index in [9.17, 15) is 4.79 Å². The van der Waals surface area contributed by atoms with Crippen molar-refractivity contribution in [2.45, 2.75) is 24.3 Å². The van der Waals surface area contributed by atoms with Gasteiger partial charge in [-0.05, 0) is 37.3 Å². The van der Waals surface area contributed by atoms with Crippen molar-refractivity contribution in [3.63, 3.8) is 0 Å². The van der Waals surface area contributed by atoms with Gasteiger partial charge in [0.05, 0.1) is 10.8 Å². The van der Waals surface area contributed by atoms with Crippen molar-refractivity contribution in [1.29, 1.82) is 0 Å². The Morgan fingerprint density at radius 1 is 1.53 bits per heavy atom. The molecule has 1 heterocycles. The summed E-state index contributed by atoms with van der Waals surface area (Å²) in [4.78, 5) is 15.7. The second-order valence-electron chi connectivity index (χ2n) is 4.31. The van der Waals surface area contributed by atoms with Gasteiger partial charge in [-0.15, -0.1) is 0 Å². The smallest absolute Gasteiger partial charge is 0.250 e. The Morgan fingerprint density at radius 3 is 3.21 bits per heavy atom. The van der Waals surface area contributed by atoms with Crippen LogP contribution in [0.1, 0.15) is 19.3 Å². The molecule has 1 amide bonds. The van der Waals surface area contributed by atoms with Crippen LogP contribution in [0, 0.1) is 5.92 Å². The summed E-state index contributed by atoms with van der Waals surface area (Å²) in [5.74, 6) is 0.686. The fourth-order valence-electron chi connectivity index (χ4n) is 1.77. The van der Waals surface area contributed by atoms with Crippen molar-refractivity contribution >= 4 is 23.9 Å². The Kier molecular flexibility index (Phi) is 5.62. The van der Waals surface area contributed by atoms with Gasteiger partial charge >= 0.3 is 0 Å². The maximum absolute atomic E-state index is 11.6. The van der Waals surface area contributed by atoms with E-state index < -0.39 is 0 Å². The molecule has 1 aliphatic carbocycles. The van der Waals surface area contributed by atoms with E-state index in [1.165, 1.54) is 11.8 Å². The molecule has 2 rings (SSSR count). The van der Waals surface area contributed by atoms with Gasteiger partial charge in [0.25, 0.3) is 0 Å². The highest BCUT2D eigenvalue weighted by Crippen LogP contribution is 2.15. The van der Waals surface area contributed by atoms with Crippen molar-refractivity contribution in [2.75, 3.05) is 5.75 Å². The number of rotatable bonds is 5. The summed E-state index contributed by atoms with van der Waals surface area (Å²) >= 11 is 1.41. The van der Waals surface area contributed by atoms with Crippen LogP contribution in [-0.2, 0) is 4.79 Å². The third-order valence-electron chi connectivity index (χ3n) is 2.77. The summed E-state index contributed by atoms with van der Waals surface area (Å²) in [6.07, 6.45) is 11.1. The van der Waals surface area contributed by atoms with E-state index in [0.29, 0.717) is 11.7 Å². The van der Waals surface area contributed by atoms with Crippen LogP contribution in [0.5, 0.6) is 0 Å². The number of aromatic nitrogens is 1. The van der Waals surface area contributed by atoms with Crippen LogP contribution in [-0.4, -0.2) is 22.9 Å². The number of carbonyl (C=O) groups excluding carboxylic acids is 1. The molecule has 0 saturated carbocycles. The van der Waals surface area contributed by atoms with Crippen LogP contribution in [0.3, 0.4) is 0 Å². The van der Waals surface area contributed by atoms with Gasteiger partial charge in [0, 0.05) is 12.4 Å². The summed E-state index contributed by atoms with van der Waals surface area (Å²) in [6.45, 7) is 0. The van der Waals surface area contributed by atoms with E-state index in [2.05, 4.69) is 27.7 Å². The Bertz CT molecular complexity index is 459. The standard InChI is InChI=1S/C14H17N3OS/c18-13(11-19-14-8-4-5-9-15-14)17-16-10-12-6-2-1-3-7-12/h1-2,4-5,8-10,12H,3,6-7,11H2,(H,17,18)/b16-10+. The van der Waals surface area contributed by atoms with Crippen molar-refractivity contribution in [3.05, 3.63) is 36.5 Å². The molecule has 1 N–H and O–H groups in total. The molecule has 0 spiro atoms. The number of allylic oxidation sites excluding steroid dienone is 2. The van der Waals surface area contributed by atoms with Gasteiger partial charge in [0.1, 0.15) is 0 Å². The first-order valence-corrected chi connectivity index (χ1v) is 7.34. The van der Waals surface area contributed by atoms with Crippen molar-refractivity contribution in [3.8, 4) is 0 Å². The highest BCUT2D eigenvalue weighted by molar-refractivity contribution is 7.99. The number of amides is 1. The molecule has 1 unspecified atom stereocenters. The third-order valence-corrected chi connectivity index (χ3v) is 3.72. The minimum Gasteiger partial charge on any atom is -0.272 e. The topological polar surface area (TPSA) is 54.4 Å². The number of nitrogens with zero attached hydrogens (tertiary/aromatic N) is 2. The van der Waals surface area contributed by atoms with Crippen LogP contribution in [0.2, 0.25) is 0 Å². The number of thioether (sulfide) groups is 1. The van der Waals surface area contributed by atoms with Crippen LogP contribution in [0.15, 0.2) is 46.7 Å². The molecule has 1 aromatic heterocycles. The molecule has 5 heteroatoms. The SMILES string of the molecule is O=C(CSc1ccccn1)N/N=C/C1CC=CCC1. The molecule has 0 fully saturated rings. The number of hydrazone groups is 1. The van der Waals surface area contributed by atoms with Gasteiger partial charge in [-0.25, -0.2) is 10.4 Å². The number of carbonyl (C=O) groups is 1. The quantitative estimate of drug-likeness (QED) is 0.389. The largest absolute Gasteiger partial charge is 0.272 e. The zero-order chi connectivity index (χ0) is 13.3. The first kappa shape index (κ1) is 13.8. The normalized spacial score (nSPS) is 18.6. The Balaban J connectivity index is 1.67. The Labute approximate surface area is 117 Å². The van der Waals surface area contributed by atoms with Crippen molar-refractivity contribution < 1.29 is 4.79 Å². The third kappa shape index (κ3) is 5.26. The molecule has 0 bridgehead atoms. The summed E-state index contributed by atoms with van der Waals surface area (Å²) in [5.41, 5.74) is 2.56. The summed E-state index contributed by atoms with van der Waals surface area (Å²) in [5, 5.41) is 4.86. The zero-order valence-electron chi connectivity index (χ0n) is 10.7. The Hall–Kier alpha value is -1.62.